The molecule has 2 amide bonds. The predicted octanol–water partition coefficient (Wildman–Crippen LogP) is 0.944. The molecule has 5 nitrogen and oxygen atoms in total. The lowest BCUT2D eigenvalue weighted by atomic mass is 10.3. The van der Waals surface area contributed by atoms with Crippen LogP contribution < -0.4 is 10.6 Å². The average Bonchev–Trinajstić information content (AvgIpc) is 2.95. The highest BCUT2D eigenvalue weighted by molar-refractivity contribution is 5.81. The van der Waals surface area contributed by atoms with Gasteiger partial charge in [0.25, 0.3) is 0 Å². The molecule has 0 aromatic carbocycles. The van der Waals surface area contributed by atoms with Gasteiger partial charge in [-0.1, -0.05) is 0 Å². The molecule has 8 heteroatoms. The van der Waals surface area contributed by atoms with Gasteiger partial charge in [-0.25, -0.2) is 4.79 Å². The third-order valence-corrected chi connectivity index (χ3v) is 2.34. The zero-order valence-electron chi connectivity index (χ0n) is 9.19. The highest BCUT2D eigenvalue weighted by atomic mass is 19.4. The summed E-state index contributed by atoms with van der Waals surface area (Å²) < 4.78 is 41.8. The zero-order valence-corrected chi connectivity index (χ0v) is 9.19. The maximum atomic E-state index is 12.4. The van der Waals surface area contributed by atoms with Gasteiger partial charge < -0.3 is 15.4 Å². The fourth-order valence-corrected chi connectivity index (χ4v) is 1.23. The minimum absolute atomic E-state index is 0.136. The number of carbonyl (C=O) groups is 2. The van der Waals surface area contributed by atoms with Crippen LogP contribution in [-0.2, 0) is 9.53 Å². The molecular weight excluding hydrogens is 241 g/mol. The van der Waals surface area contributed by atoms with Crippen molar-refractivity contribution in [3.8, 4) is 0 Å². The van der Waals surface area contributed by atoms with Crippen molar-refractivity contribution in [2.24, 2.45) is 0 Å². The van der Waals surface area contributed by atoms with E-state index in [0.29, 0.717) is 0 Å². The SMILES string of the molecule is CCOC(=O)CNC(=O)NC1(C(F)(F)F)CC1. The molecule has 1 aliphatic carbocycles. The van der Waals surface area contributed by atoms with Crippen LogP contribution in [0.4, 0.5) is 18.0 Å². The van der Waals surface area contributed by atoms with Gasteiger partial charge >= 0.3 is 18.2 Å². The molecule has 0 unspecified atom stereocenters. The van der Waals surface area contributed by atoms with E-state index in [1.807, 2.05) is 10.6 Å². The standard InChI is InChI=1S/C9H13F3N2O3/c1-2-17-6(15)5-13-7(16)14-8(3-4-8)9(10,11)12/h2-5H2,1H3,(H2,13,14,16). The van der Waals surface area contributed by atoms with Gasteiger partial charge in [0.15, 0.2) is 0 Å². The Morgan fingerprint density at radius 2 is 1.94 bits per heavy atom. The third-order valence-electron chi connectivity index (χ3n) is 2.34. The largest absolute Gasteiger partial charge is 0.465 e. The number of rotatable bonds is 4. The minimum atomic E-state index is -4.46. The Morgan fingerprint density at radius 1 is 1.35 bits per heavy atom. The quantitative estimate of drug-likeness (QED) is 0.734. The third kappa shape index (κ3) is 3.50. The average molecular weight is 254 g/mol. The summed E-state index contributed by atoms with van der Waals surface area (Å²) in [6.45, 7) is 1.28. The summed E-state index contributed by atoms with van der Waals surface area (Å²) in [6, 6.07) is -1.02. The number of halogens is 3. The lowest BCUT2D eigenvalue weighted by Crippen LogP contribution is -2.52. The van der Waals surface area contributed by atoms with Crippen molar-refractivity contribution in [2.45, 2.75) is 31.5 Å². The van der Waals surface area contributed by atoms with E-state index in [1.165, 1.54) is 0 Å². The normalized spacial score (nSPS) is 17.2. The molecule has 0 radical (unpaired) electrons. The van der Waals surface area contributed by atoms with E-state index < -0.39 is 30.3 Å². The summed E-state index contributed by atoms with van der Waals surface area (Å²) in [6.07, 6.45) is -4.74. The van der Waals surface area contributed by atoms with Crippen LogP contribution in [0.3, 0.4) is 0 Å². The molecule has 0 heterocycles. The van der Waals surface area contributed by atoms with Crippen molar-refractivity contribution in [3.63, 3.8) is 0 Å². The zero-order chi connectivity index (χ0) is 13.1. The van der Waals surface area contributed by atoms with Crippen LogP contribution in [0.15, 0.2) is 0 Å². The van der Waals surface area contributed by atoms with Crippen LogP contribution >= 0.6 is 0 Å². The molecule has 1 rings (SSSR count). The molecule has 1 aliphatic rings. The first-order valence-corrected chi connectivity index (χ1v) is 5.09. The first-order valence-electron chi connectivity index (χ1n) is 5.09. The predicted molar refractivity (Wildman–Crippen MR) is 51.2 cm³/mol. The first kappa shape index (κ1) is 13.6. The summed E-state index contributed by atoms with van der Waals surface area (Å²) in [4.78, 5) is 22.0. The van der Waals surface area contributed by atoms with Crippen molar-refractivity contribution in [2.75, 3.05) is 13.2 Å². The molecule has 0 aromatic heterocycles. The Morgan fingerprint density at radius 3 is 2.35 bits per heavy atom. The number of hydrogen-bond acceptors (Lipinski definition) is 3. The van der Waals surface area contributed by atoms with E-state index in [9.17, 15) is 22.8 Å². The number of hydrogen-bond donors (Lipinski definition) is 2. The molecule has 0 bridgehead atoms. The van der Waals surface area contributed by atoms with Gasteiger partial charge in [-0.15, -0.1) is 0 Å². The molecular formula is C9H13F3N2O3. The number of amides is 2. The van der Waals surface area contributed by atoms with Crippen LogP contribution in [0, 0.1) is 0 Å². The second-order valence-electron chi connectivity index (χ2n) is 3.69. The van der Waals surface area contributed by atoms with Crippen LogP contribution in [0.25, 0.3) is 0 Å². The maximum absolute atomic E-state index is 12.4. The van der Waals surface area contributed by atoms with Crippen LogP contribution in [-0.4, -0.2) is 36.9 Å². The Labute approximate surface area is 95.7 Å². The van der Waals surface area contributed by atoms with Crippen LogP contribution in [0.2, 0.25) is 0 Å². The van der Waals surface area contributed by atoms with Gasteiger partial charge in [0.2, 0.25) is 0 Å². The van der Waals surface area contributed by atoms with E-state index in [2.05, 4.69) is 4.74 Å². The Kier molecular flexibility index (Phi) is 3.84. The van der Waals surface area contributed by atoms with Gasteiger partial charge in [-0.3, -0.25) is 4.79 Å². The van der Waals surface area contributed by atoms with Crippen molar-refractivity contribution in [1.29, 1.82) is 0 Å². The van der Waals surface area contributed by atoms with E-state index in [0.717, 1.165) is 0 Å². The Balaban J connectivity index is 2.34. The topological polar surface area (TPSA) is 67.4 Å². The summed E-state index contributed by atoms with van der Waals surface area (Å²) in [5.74, 6) is -0.695. The Hall–Kier alpha value is -1.47. The van der Waals surface area contributed by atoms with Crippen molar-refractivity contribution in [1.82, 2.24) is 10.6 Å². The summed E-state index contributed by atoms with van der Waals surface area (Å²) in [5, 5.41) is 3.83. The lowest BCUT2D eigenvalue weighted by molar-refractivity contribution is -0.162. The fraction of sp³-hybridized carbons (Fsp3) is 0.778. The van der Waals surface area contributed by atoms with E-state index >= 15 is 0 Å². The number of nitrogens with one attached hydrogen (secondary N) is 2. The fourth-order valence-electron chi connectivity index (χ4n) is 1.23. The van der Waals surface area contributed by atoms with Crippen molar-refractivity contribution in [3.05, 3.63) is 0 Å². The lowest BCUT2D eigenvalue weighted by Gasteiger charge is -2.20. The van der Waals surface area contributed by atoms with Gasteiger partial charge in [-0.2, -0.15) is 13.2 Å². The molecule has 98 valence electrons. The molecule has 0 saturated heterocycles. The van der Waals surface area contributed by atoms with Gasteiger partial charge in [-0.05, 0) is 19.8 Å². The van der Waals surface area contributed by atoms with Crippen molar-refractivity contribution >= 4 is 12.0 Å². The molecule has 1 saturated carbocycles. The number of ether oxygens (including phenoxy) is 1. The van der Waals surface area contributed by atoms with Gasteiger partial charge in [0, 0.05) is 0 Å². The second-order valence-corrected chi connectivity index (χ2v) is 3.69. The molecule has 17 heavy (non-hydrogen) atoms. The van der Waals surface area contributed by atoms with E-state index in [1.54, 1.807) is 6.92 Å². The van der Waals surface area contributed by atoms with Gasteiger partial charge in [0.05, 0.1) is 6.61 Å². The molecule has 2 N–H and O–H groups in total. The highest BCUT2D eigenvalue weighted by Gasteiger charge is 2.64. The van der Waals surface area contributed by atoms with Crippen molar-refractivity contribution < 1.29 is 27.5 Å². The maximum Gasteiger partial charge on any atom is 0.411 e. The molecule has 0 aliphatic heterocycles. The van der Waals surface area contributed by atoms with Crippen LogP contribution in [0.1, 0.15) is 19.8 Å². The highest BCUT2D eigenvalue weighted by Crippen LogP contribution is 2.48. The smallest absolute Gasteiger partial charge is 0.411 e. The summed E-state index contributed by atoms with van der Waals surface area (Å²) >= 11 is 0. The number of esters is 1. The Bertz CT molecular complexity index is 313. The molecule has 0 aromatic rings. The first-order chi connectivity index (χ1) is 7.81. The number of alkyl halides is 3. The molecule has 1 fully saturated rings. The summed E-state index contributed by atoms with van der Waals surface area (Å²) in [5.41, 5.74) is -2.12. The summed E-state index contributed by atoms with van der Waals surface area (Å²) in [7, 11) is 0. The number of urea groups is 1. The van der Waals surface area contributed by atoms with E-state index in [-0.39, 0.29) is 19.4 Å². The molecule has 0 spiro atoms. The second kappa shape index (κ2) is 4.80. The monoisotopic (exact) mass is 254 g/mol. The van der Waals surface area contributed by atoms with E-state index in [4.69, 9.17) is 0 Å². The van der Waals surface area contributed by atoms with Gasteiger partial charge in [0.1, 0.15) is 12.1 Å². The number of carbonyl (C=O) groups excluding carboxylic acids is 2. The van der Waals surface area contributed by atoms with Crippen LogP contribution in [0.5, 0.6) is 0 Å². The molecule has 0 atom stereocenters. The minimum Gasteiger partial charge on any atom is -0.465 e.